The van der Waals surface area contributed by atoms with Crippen LogP contribution in [0.4, 0.5) is 11.6 Å². The molecule has 0 saturated carbocycles. The molecule has 5 rings (SSSR count). The van der Waals surface area contributed by atoms with Crippen LogP contribution in [0.2, 0.25) is 0 Å². The van der Waals surface area contributed by atoms with Crippen molar-refractivity contribution in [1.29, 1.82) is 0 Å². The lowest BCUT2D eigenvalue weighted by Crippen LogP contribution is -2.47. The van der Waals surface area contributed by atoms with E-state index in [2.05, 4.69) is 70.5 Å². The van der Waals surface area contributed by atoms with E-state index >= 15 is 0 Å². The number of aromatic nitrogens is 7. The summed E-state index contributed by atoms with van der Waals surface area (Å²) in [5, 5.41) is 13.1. The van der Waals surface area contributed by atoms with Crippen molar-refractivity contribution in [2.24, 2.45) is 7.05 Å². The minimum atomic E-state index is 0.563. The highest BCUT2D eigenvalue weighted by Gasteiger charge is 2.23. The highest BCUT2D eigenvalue weighted by molar-refractivity contribution is 14.2. The molecule has 0 aromatic carbocycles. The highest BCUT2D eigenvalue weighted by Crippen LogP contribution is 2.30. The molecule has 1 aliphatic heterocycles. The van der Waals surface area contributed by atoms with Gasteiger partial charge in [-0.2, -0.15) is 20.3 Å². The van der Waals surface area contributed by atoms with Gasteiger partial charge in [0.15, 0.2) is 0 Å². The Morgan fingerprint density at radius 1 is 0.929 bits per heavy atom. The fourth-order valence-electron chi connectivity index (χ4n) is 3.61. The first kappa shape index (κ1) is 17.9. The molecule has 11 heteroatoms. The monoisotopic (exact) mass is 507 g/mol. The summed E-state index contributed by atoms with van der Waals surface area (Å²) < 4.78 is 5.73. The molecule has 1 aliphatic rings. The number of halogens is 1. The fourth-order valence-corrected chi connectivity index (χ4v) is 5.00. The van der Waals surface area contributed by atoms with Gasteiger partial charge in [-0.1, -0.05) is 6.07 Å². The zero-order valence-corrected chi connectivity index (χ0v) is 18.4. The lowest BCUT2D eigenvalue weighted by Gasteiger charge is -2.35. The van der Waals surface area contributed by atoms with Crippen molar-refractivity contribution in [2.75, 3.05) is 36.0 Å². The Kier molecular flexibility index (Phi) is 4.67. The quantitative estimate of drug-likeness (QED) is 0.312. The van der Waals surface area contributed by atoms with E-state index in [9.17, 15) is 0 Å². The first-order chi connectivity index (χ1) is 13.7. The zero-order chi connectivity index (χ0) is 19.1. The van der Waals surface area contributed by atoms with Crippen LogP contribution in [0.25, 0.3) is 16.6 Å². The number of aryl methyl sites for hydroxylation is 1. The molecule has 1 unspecified atom stereocenters. The maximum atomic E-state index is 4.59. The van der Waals surface area contributed by atoms with Crippen LogP contribution in [-0.2, 0) is 7.05 Å². The van der Waals surface area contributed by atoms with Crippen LogP contribution in [0.15, 0.2) is 43.2 Å². The Morgan fingerprint density at radius 2 is 1.75 bits per heavy atom. The van der Waals surface area contributed by atoms with Crippen LogP contribution in [0.5, 0.6) is 0 Å². The van der Waals surface area contributed by atoms with Gasteiger partial charge in [-0.05, 0) is 28.1 Å². The predicted octanol–water partition coefficient (Wildman–Crippen LogP) is 2.44. The summed E-state index contributed by atoms with van der Waals surface area (Å²) in [6.45, 7) is 3.71. The standard InChI is InChI=1S/C17H19IN9P/c1-23-10-14(8-20-23)13-2-3-15-16(9-21-26(15)11-13)24-4-6-25(7-5-24)17-19-12-22-27(17)28-18/h2-3,8-12,28H,4-7H2,1H3. The third-order valence-electron chi connectivity index (χ3n) is 5.05. The molecule has 4 aromatic heterocycles. The molecule has 5 heterocycles. The van der Waals surface area contributed by atoms with Gasteiger partial charge in [0.25, 0.3) is 0 Å². The van der Waals surface area contributed by atoms with Gasteiger partial charge >= 0.3 is 0 Å². The smallest absolute Gasteiger partial charge is 0.227 e. The molecule has 0 aliphatic carbocycles. The van der Waals surface area contributed by atoms with Gasteiger partial charge < -0.3 is 9.80 Å². The molecule has 1 saturated heterocycles. The molecule has 9 nitrogen and oxygen atoms in total. The average Bonchev–Trinajstić information content (AvgIpc) is 3.46. The molecule has 0 spiro atoms. The molecule has 4 aromatic rings. The van der Waals surface area contributed by atoms with Crippen LogP contribution in [0, 0.1) is 0 Å². The summed E-state index contributed by atoms with van der Waals surface area (Å²) in [6, 6.07) is 4.28. The molecule has 28 heavy (non-hydrogen) atoms. The maximum absolute atomic E-state index is 4.59. The molecule has 1 fully saturated rings. The van der Waals surface area contributed by atoms with Crippen molar-refractivity contribution in [2.45, 2.75) is 0 Å². The van der Waals surface area contributed by atoms with Gasteiger partial charge in [-0.25, -0.2) is 8.97 Å². The first-order valence-corrected chi connectivity index (χ1v) is 13.0. The van der Waals surface area contributed by atoms with Crippen molar-refractivity contribution in [3.63, 3.8) is 0 Å². The Balaban J connectivity index is 1.36. The van der Waals surface area contributed by atoms with Gasteiger partial charge in [0.1, 0.15) is 6.33 Å². The molecular formula is C17H19IN9P. The molecular weight excluding hydrogens is 488 g/mol. The first-order valence-electron chi connectivity index (χ1n) is 8.96. The number of piperazine rings is 1. The molecule has 0 N–H and O–H groups in total. The van der Waals surface area contributed by atoms with Crippen molar-refractivity contribution in [3.8, 4) is 11.1 Å². The van der Waals surface area contributed by atoms with Gasteiger partial charge in [0.2, 0.25) is 5.95 Å². The fraction of sp³-hybridized carbons (Fsp3) is 0.294. The number of anilines is 2. The topological polar surface area (TPSA) is 72.3 Å². The van der Waals surface area contributed by atoms with E-state index in [1.807, 2.05) is 39.3 Å². The lowest BCUT2D eigenvalue weighted by molar-refractivity contribution is 0.639. The second-order valence-electron chi connectivity index (χ2n) is 6.71. The van der Waals surface area contributed by atoms with Gasteiger partial charge in [0.05, 0.1) is 30.0 Å². The highest BCUT2D eigenvalue weighted by atomic mass is 127. The second-order valence-corrected chi connectivity index (χ2v) is 8.75. The molecule has 0 bridgehead atoms. The summed E-state index contributed by atoms with van der Waals surface area (Å²) in [5.41, 5.74) is 4.50. The number of fused-ring (bicyclic) bond motifs is 1. The maximum Gasteiger partial charge on any atom is 0.227 e. The van der Waals surface area contributed by atoms with Crippen molar-refractivity contribution in [1.82, 2.24) is 33.9 Å². The molecule has 0 radical (unpaired) electrons. The van der Waals surface area contributed by atoms with Crippen LogP contribution >= 0.6 is 28.4 Å². The lowest BCUT2D eigenvalue weighted by atomic mass is 10.1. The van der Waals surface area contributed by atoms with E-state index in [1.165, 1.54) is 5.69 Å². The van der Waals surface area contributed by atoms with Crippen molar-refractivity contribution >= 4 is 45.6 Å². The SMILES string of the molecule is Cn1cc(-c2ccc3c(N4CCN(c5ncnn5PI)CC4)cnn3c2)cn1. The van der Waals surface area contributed by atoms with Crippen molar-refractivity contribution < 1.29 is 0 Å². The molecule has 144 valence electrons. The van der Waals surface area contributed by atoms with Gasteiger partial charge in [-0.3, -0.25) is 4.68 Å². The number of hydrogen-bond acceptors (Lipinski definition) is 6. The Morgan fingerprint density at radius 3 is 2.50 bits per heavy atom. The summed E-state index contributed by atoms with van der Waals surface area (Å²) in [4.78, 5) is 9.13. The molecule has 1 atom stereocenters. The number of pyridine rings is 1. The van der Waals surface area contributed by atoms with Crippen LogP contribution < -0.4 is 9.80 Å². The summed E-state index contributed by atoms with van der Waals surface area (Å²) in [7, 11) is 1.93. The van der Waals surface area contributed by atoms with Crippen molar-refractivity contribution in [3.05, 3.63) is 43.2 Å². The Labute approximate surface area is 176 Å². The average molecular weight is 507 g/mol. The third-order valence-corrected chi connectivity index (χ3v) is 6.89. The van der Waals surface area contributed by atoms with Crippen LogP contribution in [-0.4, -0.2) is 60.1 Å². The van der Waals surface area contributed by atoms with Crippen LogP contribution in [0.1, 0.15) is 0 Å². The van der Waals surface area contributed by atoms with E-state index in [1.54, 1.807) is 6.33 Å². The largest absolute Gasteiger partial charge is 0.365 e. The van der Waals surface area contributed by atoms with Gasteiger partial charge in [0, 0.05) is 56.7 Å². The van der Waals surface area contributed by atoms with E-state index in [4.69, 9.17) is 0 Å². The third kappa shape index (κ3) is 3.14. The summed E-state index contributed by atoms with van der Waals surface area (Å²) in [6.07, 6.45) is 10.1. The number of hydrogen-bond donors (Lipinski definition) is 0. The Bertz CT molecular complexity index is 1110. The minimum Gasteiger partial charge on any atom is -0.365 e. The van der Waals surface area contributed by atoms with E-state index in [-0.39, 0.29) is 0 Å². The number of rotatable bonds is 4. The molecule has 0 amide bonds. The Hall–Kier alpha value is -2.20. The zero-order valence-electron chi connectivity index (χ0n) is 15.3. The predicted molar refractivity (Wildman–Crippen MR) is 120 cm³/mol. The van der Waals surface area contributed by atoms with Crippen LogP contribution in [0.3, 0.4) is 0 Å². The number of nitrogens with zero attached hydrogens (tertiary/aromatic N) is 9. The van der Waals surface area contributed by atoms with E-state index < -0.39 is 0 Å². The van der Waals surface area contributed by atoms with Gasteiger partial charge in [-0.15, -0.1) is 0 Å². The van der Waals surface area contributed by atoms with E-state index in [0.29, 0.717) is 6.37 Å². The summed E-state index contributed by atoms with van der Waals surface area (Å²) in [5.74, 6) is 0.966. The van der Waals surface area contributed by atoms with E-state index in [0.717, 1.165) is 48.8 Å². The summed E-state index contributed by atoms with van der Waals surface area (Å²) >= 11 is 2.34. The minimum absolute atomic E-state index is 0.563. The second kappa shape index (κ2) is 7.32. The normalized spacial score (nSPS) is 15.4.